The van der Waals surface area contributed by atoms with Crippen LogP contribution in [0.3, 0.4) is 0 Å². The molecule has 1 heterocycles. The van der Waals surface area contributed by atoms with Gasteiger partial charge in [0.25, 0.3) is 0 Å². The van der Waals surface area contributed by atoms with Crippen molar-refractivity contribution < 1.29 is 0 Å². The molecule has 0 aliphatic heterocycles. The Kier molecular flexibility index (Phi) is 4.49. The van der Waals surface area contributed by atoms with Crippen LogP contribution in [0.1, 0.15) is 16.7 Å². The number of aryl methyl sites for hydroxylation is 1. The summed E-state index contributed by atoms with van der Waals surface area (Å²) in [5.74, 6) is 6.20. The number of nitrogens with two attached hydrogens (primary N) is 1. The Labute approximate surface area is 114 Å². The molecule has 0 fully saturated rings. The Morgan fingerprint density at radius 1 is 1.16 bits per heavy atom. The molecule has 4 nitrogen and oxygen atoms in total. The van der Waals surface area contributed by atoms with Crippen molar-refractivity contribution in [2.45, 2.75) is 20.0 Å². The molecule has 1 aromatic carbocycles. The Morgan fingerprint density at radius 3 is 2.58 bits per heavy atom. The van der Waals surface area contributed by atoms with E-state index >= 15 is 0 Å². The second-order valence-electron chi connectivity index (χ2n) is 4.81. The van der Waals surface area contributed by atoms with Crippen molar-refractivity contribution in [3.05, 3.63) is 59.3 Å². The zero-order valence-electron chi connectivity index (χ0n) is 11.4. The molecule has 0 atom stereocenters. The summed E-state index contributed by atoms with van der Waals surface area (Å²) in [5, 5.41) is 0. The molecule has 0 aliphatic carbocycles. The third kappa shape index (κ3) is 3.77. The highest BCUT2D eigenvalue weighted by Gasteiger charge is 2.06. The van der Waals surface area contributed by atoms with Gasteiger partial charge >= 0.3 is 0 Å². The van der Waals surface area contributed by atoms with Crippen LogP contribution in [0.2, 0.25) is 0 Å². The molecule has 0 bridgehead atoms. The molecule has 2 rings (SSSR count). The quantitative estimate of drug-likeness (QED) is 0.636. The summed E-state index contributed by atoms with van der Waals surface area (Å²) in [6.45, 7) is 3.81. The molecule has 0 spiro atoms. The fraction of sp³-hybridized carbons (Fsp3) is 0.267. The minimum Gasteiger partial charge on any atom is -0.308 e. The maximum atomic E-state index is 5.46. The average molecular weight is 256 g/mol. The van der Waals surface area contributed by atoms with E-state index in [-0.39, 0.29) is 0 Å². The molecule has 1 aromatic heterocycles. The highest BCUT2D eigenvalue weighted by molar-refractivity contribution is 5.42. The van der Waals surface area contributed by atoms with Crippen LogP contribution in [0.25, 0.3) is 0 Å². The highest BCUT2D eigenvalue weighted by atomic mass is 15.3. The monoisotopic (exact) mass is 256 g/mol. The summed E-state index contributed by atoms with van der Waals surface area (Å²) in [4.78, 5) is 6.44. The molecule has 2 aromatic rings. The fourth-order valence-electron chi connectivity index (χ4n) is 2.05. The van der Waals surface area contributed by atoms with Crippen molar-refractivity contribution in [3.63, 3.8) is 0 Å². The first-order chi connectivity index (χ1) is 9.19. The number of hydrogen-bond acceptors (Lipinski definition) is 4. The highest BCUT2D eigenvalue weighted by Crippen LogP contribution is 2.14. The number of nitrogens with one attached hydrogen (secondary N) is 1. The van der Waals surface area contributed by atoms with Crippen LogP contribution in [0.15, 0.2) is 42.6 Å². The van der Waals surface area contributed by atoms with Gasteiger partial charge in [0.15, 0.2) is 0 Å². The van der Waals surface area contributed by atoms with Gasteiger partial charge in [0.05, 0.1) is 0 Å². The Bertz CT molecular complexity index is 522. The number of rotatable bonds is 5. The largest absolute Gasteiger partial charge is 0.308 e. The number of hydrazine groups is 1. The third-order valence-electron chi connectivity index (χ3n) is 3.04. The predicted molar refractivity (Wildman–Crippen MR) is 78.4 cm³/mol. The maximum Gasteiger partial charge on any atom is 0.144 e. The van der Waals surface area contributed by atoms with E-state index in [4.69, 9.17) is 5.84 Å². The van der Waals surface area contributed by atoms with Crippen LogP contribution in [-0.4, -0.2) is 16.9 Å². The van der Waals surface area contributed by atoms with Crippen LogP contribution in [-0.2, 0) is 13.1 Å². The zero-order chi connectivity index (χ0) is 13.7. The van der Waals surface area contributed by atoms with Crippen molar-refractivity contribution in [3.8, 4) is 0 Å². The van der Waals surface area contributed by atoms with Gasteiger partial charge in [-0.1, -0.05) is 35.9 Å². The molecule has 0 aliphatic rings. The van der Waals surface area contributed by atoms with Crippen molar-refractivity contribution in [2.24, 2.45) is 5.84 Å². The molecule has 0 amide bonds. The van der Waals surface area contributed by atoms with E-state index in [2.05, 4.69) is 53.5 Å². The maximum absolute atomic E-state index is 5.46. The topological polar surface area (TPSA) is 54.2 Å². The molecule has 0 radical (unpaired) electrons. The average Bonchev–Trinajstić information content (AvgIpc) is 2.42. The summed E-state index contributed by atoms with van der Waals surface area (Å²) in [6, 6.07) is 12.6. The lowest BCUT2D eigenvalue weighted by Crippen LogP contribution is -2.19. The van der Waals surface area contributed by atoms with Gasteiger partial charge in [-0.05, 0) is 25.6 Å². The minimum absolute atomic E-state index is 0.734. The number of nitrogen functional groups attached to an aromatic ring is 1. The zero-order valence-corrected chi connectivity index (χ0v) is 11.4. The lowest BCUT2D eigenvalue weighted by molar-refractivity contribution is 0.319. The van der Waals surface area contributed by atoms with Gasteiger partial charge in [0, 0.05) is 24.8 Å². The van der Waals surface area contributed by atoms with E-state index in [1.165, 1.54) is 11.1 Å². The smallest absolute Gasteiger partial charge is 0.144 e. The fourth-order valence-corrected chi connectivity index (χ4v) is 2.05. The van der Waals surface area contributed by atoms with Crippen LogP contribution in [0.4, 0.5) is 5.82 Å². The van der Waals surface area contributed by atoms with E-state index in [1.54, 1.807) is 6.20 Å². The molecular formula is C15H20N4. The normalized spacial score (nSPS) is 10.7. The SMILES string of the molecule is Cc1ccc(CN(C)Cc2cccnc2NN)cc1. The summed E-state index contributed by atoms with van der Waals surface area (Å²) in [5.41, 5.74) is 6.32. The molecule has 0 saturated heterocycles. The standard InChI is InChI=1S/C15H20N4/c1-12-5-7-13(8-6-12)10-19(2)11-14-4-3-9-17-15(14)18-16/h3-9H,10-11,16H2,1-2H3,(H,17,18). The van der Waals surface area contributed by atoms with E-state index in [1.807, 2.05) is 12.1 Å². The first-order valence-electron chi connectivity index (χ1n) is 6.33. The van der Waals surface area contributed by atoms with Crippen molar-refractivity contribution in [2.75, 3.05) is 12.5 Å². The molecule has 100 valence electrons. The van der Waals surface area contributed by atoms with Gasteiger partial charge < -0.3 is 5.43 Å². The Balaban J connectivity index is 2.01. The molecule has 0 unspecified atom stereocenters. The summed E-state index contributed by atoms with van der Waals surface area (Å²) in [6.07, 6.45) is 1.73. The van der Waals surface area contributed by atoms with E-state index in [9.17, 15) is 0 Å². The second-order valence-corrected chi connectivity index (χ2v) is 4.81. The van der Waals surface area contributed by atoms with Crippen molar-refractivity contribution in [1.82, 2.24) is 9.88 Å². The molecule has 0 saturated carbocycles. The third-order valence-corrected chi connectivity index (χ3v) is 3.04. The first-order valence-corrected chi connectivity index (χ1v) is 6.33. The van der Waals surface area contributed by atoms with E-state index < -0.39 is 0 Å². The molecule has 3 N–H and O–H groups in total. The molecule has 4 heteroatoms. The van der Waals surface area contributed by atoms with Crippen LogP contribution < -0.4 is 11.3 Å². The van der Waals surface area contributed by atoms with Gasteiger partial charge in [0.1, 0.15) is 5.82 Å². The van der Waals surface area contributed by atoms with E-state index in [0.717, 1.165) is 24.5 Å². The van der Waals surface area contributed by atoms with Crippen LogP contribution >= 0.6 is 0 Å². The first kappa shape index (κ1) is 13.5. The Hall–Kier alpha value is -1.91. The number of benzene rings is 1. The van der Waals surface area contributed by atoms with Gasteiger partial charge in [-0.25, -0.2) is 10.8 Å². The van der Waals surface area contributed by atoms with Gasteiger partial charge in [-0.2, -0.15) is 0 Å². The lowest BCUT2D eigenvalue weighted by Gasteiger charge is -2.18. The predicted octanol–water partition coefficient (Wildman–Crippen LogP) is 2.31. The second kappa shape index (κ2) is 6.31. The number of hydrogen-bond donors (Lipinski definition) is 2. The minimum atomic E-state index is 0.734. The van der Waals surface area contributed by atoms with Gasteiger partial charge in [0.2, 0.25) is 0 Å². The Morgan fingerprint density at radius 2 is 1.89 bits per heavy atom. The number of pyridine rings is 1. The van der Waals surface area contributed by atoms with Gasteiger partial charge in [-0.3, -0.25) is 4.90 Å². The molecular weight excluding hydrogens is 236 g/mol. The van der Waals surface area contributed by atoms with Crippen LogP contribution in [0.5, 0.6) is 0 Å². The number of aromatic nitrogens is 1. The molecule has 19 heavy (non-hydrogen) atoms. The van der Waals surface area contributed by atoms with Crippen molar-refractivity contribution >= 4 is 5.82 Å². The summed E-state index contributed by atoms with van der Waals surface area (Å²) < 4.78 is 0. The lowest BCUT2D eigenvalue weighted by atomic mass is 10.1. The van der Waals surface area contributed by atoms with Crippen LogP contribution in [0, 0.1) is 6.92 Å². The summed E-state index contributed by atoms with van der Waals surface area (Å²) in [7, 11) is 2.09. The summed E-state index contributed by atoms with van der Waals surface area (Å²) >= 11 is 0. The van der Waals surface area contributed by atoms with Crippen molar-refractivity contribution in [1.29, 1.82) is 0 Å². The van der Waals surface area contributed by atoms with E-state index in [0.29, 0.717) is 0 Å². The number of anilines is 1. The number of nitrogens with zero attached hydrogens (tertiary/aromatic N) is 2. The van der Waals surface area contributed by atoms with Gasteiger partial charge in [-0.15, -0.1) is 0 Å².